The van der Waals surface area contributed by atoms with Crippen LogP contribution in [0.15, 0.2) is 18.2 Å². The third kappa shape index (κ3) is 4.20. The molecule has 27 heavy (non-hydrogen) atoms. The van der Waals surface area contributed by atoms with Gasteiger partial charge in [-0.25, -0.2) is 0 Å². The minimum absolute atomic E-state index is 0.105. The van der Waals surface area contributed by atoms with Crippen LogP contribution in [-0.2, 0) is 4.79 Å². The Morgan fingerprint density at radius 2 is 1.81 bits per heavy atom. The second-order valence-corrected chi connectivity index (χ2v) is 8.66. The molecule has 1 aromatic carbocycles. The lowest BCUT2D eigenvalue weighted by Crippen LogP contribution is -2.61. The maximum atomic E-state index is 13.4. The largest absolute Gasteiger partial charge is 0.393 e. The van der Waals surface area contributed by atoms with E-state index in [0.717, 1.165) is 62.0 Å². The predicted molar refractivity (Wildman–Crippen MR) is 110 cm³/mol. The molecule has 0 radical (unpaired) electrons. The Morgan fingerprint density at radius 3 is 2.37 bits per heavy atom. The molecule has 1 amide bonds. The number of aliphatic hydroxyl groups excluding tert-OH is 1. The highest BCUT2D eigenvalue weighted by atomic mass is 16.3. The summed E-state index contributed by atoms with van der Waals surface area (Å²) in [5, 5.41) is 13.2. The fraction of sp³-hybridized carbons (Fsp3) is 0.682. The Balaban J connectivity index is 1.71. The van der Waals surface area contributed by atoms with Crippen LogP contribution in [0.5, 0.6) is 0 Å². The van der Waals surface area contributed by atoms with Crippen LogP contribution >= 0.6 is 0 Å². The molecule has 0 spiro atoms. The predicted octanol–water partition coefficient (Wildman–Crippen LogP) is 2.94. The first-order valence-electron chi connectivity index (χ1n) is 10.3. The van der Waals surface area contributed by atoms with Crippen LogP contribution in [0.4, 0.5) is 5.69 Å². The highest BCUT2D eigenvalue weighted by molar-refractivity contribution is 5.99. The number of carbonyl (C=O) groups excluding carboxylic acids is 1. The molecule has 2 fully saturated rings. The van der Waals surface area contributed by atoms with Crippen LogP contribution in [0.2, 0.25) is 0 Å². The number of nitrogens with zero attached hydrogens (tertiary/aromatic N) is 2. The van der Waals surface area contributed by atoms with Crippen molar-refractivity contribution in [2.75, 3.05) is 32.5 Å². The molecule has 2 aliphatic rings. The van der Waals surface area contributed by atoms with E-state index >= 15 is 0 Å². The van der Waals surface area contributed by atoms with Gasteiger partial charge >= 0.3 is 0 Å². The van der Waals surface area contributed by atoms with Gasteiger partial charge in [0.15, 0.2) is 0 Å². The Hall–Kier alpha value is -1.43. The number of rotatable bonds is 4. The number of likely N-dealkylation sites (tertiary alicyclic amines) is 1. The minimum atomic E-state index is -0.474. The quantitative estimate of drug-likeness (QED) is 0.852. The average molecular weight is 374 g/mol. The highest BCUT2D eigenvalue weighted by Crippen LogP contribution is 2.33. The van der Waals surface area contributed by atoms with Crippen molar-refractivity contribution in [3.8, 4) is 0 Å². The number of carbonyl (C=O) groups is 1. The van der Waals surface area contributed by atoms with Gasteiger partial charge in [0.1, 0.15) is 5.54 Å². The zero-order chi connectivity index (χ0) is 19.6. The lowest BCUT2D eigenvalue weighted by Gasteiger charge is -2.47. The van der Waals surface area contributed by atoms with E-state index in [-0.39, 0.29) is 12.0 Å². The Labute approximate surface area is 163 Å². The molecular weight excluding hydrogens is 338 g/mol. The summed E-state index contributed by atoms with van der Waals surface area (Å²) in [6, 6.07) is 6.58. The van der Waals surface area contributed by atoms with Crippen molar-refractivity contribution in [3.05, 3.63) is 29.3 Å². The third-order valence-electron chi connectivity index (χ3n) is 6.76. The number of amides is 1. The summed E-state index contributed by atoms with van der Waals surface area (Å²) in [5.74, 6) is 0.105. The van der Waals surface area contributed by atoms with Gasteiger partial charge in [0.05, 0.1) is 6.10 Å². The molecule has 1 aliphatic carbocycles. The maximum absolute atomic E-state index is 13.4. The fourth-order valence-electron chi connectivity index (χ4n) is 4.85. The van der Waals surface area contributed by atoms with Gasteiger partial charge < -0.3 is 15.3 Å². The van der Waals surface area contributed by atoms with Gasteiger partial charge in [-0.15, -0.1) is 0 Å². The number of likely N-dealkylation sites (N-methyl/N-ethyl adjacent to an activating group) is 1. The number of nitrogens with one attached hydrogen (secondary N) is 1. The number of aliphatic hydroxyl groups is 1. The summed E-state index contributed by atoms with van der Waals surface area (Å²) in [6.45, 7) is 5.91. The van der Waals surface area contributed by atoms with E-state index in [9.17, 15) is 9.90 Å². The van der Waals surface area contributed by atoms with Crippen LogP contribution < -0.4 is 5.32 Å². The molecule has 1 saturated carbocycles. The summed E-state index contributed by atoms with van der Waals surface area (Å²) >= 11 is 0. The van der Waals surface area contributed by atoms with Crippen molar-refractivity contribution in [1.29, 1.82) is 0 Å². The van der Waals surface area contributed by atoms with Crippen molar-refractivity contribution in [3.63, 3.8) is 0 Å². The van der Waals surface area contributed by atoms with E-state index in [1.807, 2.05) is 46.1 Å². The molecule has 1 aliphatic heterocycles. The van der Waals surface area contributed by atoms with Crippen LogP contribution in [-0.4, -0.2) is 65.7 Å². The van der Waals surface area contributed by atoms with Crippen molar-refractivity contribution in [2.45, 2.75) is 70.1 Å². The van der Waals surface area contributed by atoms with Crippen molar-refractivity contribution in [2.24, 2.45) is 0 Å². The van der Waals surface area contributed by atoms with Gasteiger partial charge in [-0.05, 0) is 77.6 Å². The molecule has 1 saturated heterocycles. The monoisotopic (exact) mass is 373 g/mol. The van der Waals surface area contributed by atoms with Gasteiger partial charge in [0, 0.05) is 24.8 Å². The smallest absolute Gasteiger partial charge is 0.244 e. The van der Waals surface area contributed by atoms with Gasteiger partial charge in [-0.2, -0.15) is 0 Å². The number of piperidine rings is 1. The van der Waals surface area contributed by atoms with Crippen molar-refractivity contribution in [1.82, 2.24) is 9.80 Å². The van der Waals surface area contributed by atoms with Crippen LogP contribution in [0.1, 0.15) is 49.7 Å². The van der Waals surface area contributed by atoms with E-state index < -0.39 is 5.54 Å². The SMILES string of the molecule is Cc1cccc(C)c1NC(=O)C1(N(C)C)CCN([C@@H]2CCC[C@H](O)C2)CC1. The lowest BCUT2D eigenvalue weighted by molar-refractivity contribution is -0.130. The maximum Gasteiger partial charge on any atom is 0.244 e. The van der Waals surface area contributed by atoms with Crippen molar-refractivity contribution >= 4 is 11.6 Å². The molecular formula is C22H35N3O2. The van der Waals surface area contributed by atoms with Gasteiger partial charge in [-0.3, -0.25) is 9.69 Å². The summed E-state index contributed by atoms with van der Waals surface area (Å²) in [4.78, 5) is 18.0. The van der Waals surface area contributed by atoms with Crippen LogP contribution in [0.25, 0.3) is 0 Å². The second-order valence-electron chi connectivity index (χ2n) is 8.66. The van der Waals surface area contributed by atoms with E-state index in [1.54, 1.807) is 0 Å². The number of aryl methyl sites for hydroxylation is 2. The number of benzene rings is 1. The van der Waals surface area contributed by atoms with Gasteiger partial charge in [0.25, 0.3) is 0 Å². The lowest BCUT2D eigenvalue weighted by atomic mass is 9.82. The number of para-hydroxylation sites is 1. The Kier molecular flexibility index (Phi) is 6.24. The van der Waals surface area contributed by atoms with Crippen LogP contribution in [0.3, 0.4) is 0 Å². The number of anilines is 1. The summed E-state index contributed by atoms with van der Waals surface area (Å²) in [6.07, 6.45) is 5.58. The first-order chi connectivity index (χ1) is 12.8. The zero-order valence-corrected chi connectivity index (χ0v) is 17.3. The van der Waals surface area contributed by atoms with E-state index in [4.69, 9.17) is 0 Å². The standard InChI is InChI=1S/C22H35N3O2/c1-16-7-5-8-17(2)20(16)23-21(27)22(24(3)4)11-13-25(14-12-22)18-9-6-10-19(26)15-18/h5,7-8,18-19,26H,6,9-15H2,1-4H3,(H,23,27)/t18-,19+/m1/s1. The minimum Gasteiger partial charge on any atom is -0.393 e. The van der Waals surface area contributed by atoms with Crippen LogP contribution in [0, 0.1) is 13.8 Å². The molecule has 0 unspecified atom stereocenters. The fourth-order valence-corrected chi connectivity index (χ4v) is 4.85. The third-order valence-corrected chi connectivity index (χ3v) is 6.76. The molecule has 0 aromatic heterocycles. The molecule has 1 aromatic rings. The number of hydrogen-bond acceptors (Lipinski definition) is 4. The van der Waals surface area contributed by atoms with Gasteiger partial charge in [0.2, 0.25) is 5.91 Å². The molecule has 5 nitrogen and oxygen atoms in total. The Morgan fingerprint density at radius 1 is 1.19 bits per heavy atom. The molecule has 5 heteroatoms. The zero-order valence-electron chi connectivity index (χ0n) is 17.3. The van der Waals surface area contributed by atoms with E-state index in [0.29, 0.717) is 6.04 Å². The van der Waals surface area contributed by atoms with Gasteiger partial charge in [-0.1, -0.05) is 18.2 Å². The van der Waals surface area contributed by atoms with E-state index in [1.165, 1.54) is 6.42 Å². The average Bonchev–Trinajstić information content (AvgIpc) is 2.64. The van der Waals surface area contributed by atoms with E-state index in [2.05, 4.69) is 15.1 Å². The normalized spacial score (nSPS) is 26.1. The highest BCUT2D eigenvalue weighted by Gasteiger charge is 2.44. The first-order valence-corrected chi connectivity index (χ1v) is 10.3. The molecule has 3 rings (SSSR count). The summed E-state index contributed by atoms with van der Waals surface area (Å²) in [5.41, 5.74) is 2.68. The Bertz CT molecular complexity index is 645. The van der Waals surface area contributed by atoms with Crippen molar-refractivity contribution < 1.29 is 9.90 Å². The molecule has 2 N–H and O–H groups in total. The molecule has 0 bridgehead atoms. The second kappa shape index (κ2) is 8.29. The first kappa shape index (κ1) is 20.3. The molecule has 150 valence electrons. The molecule has 1 heterocycles. The molecule has 2 atom stereocenters. The summed E-state index contributed by atoms with van der Waals surface area (Å²) < 4.78 is 0. The number of hydrogen-bond donors (Lipinski definition) is 2. The summed E-state index contributed by atoms with van der Waals surface area (Å²) in [7, 11) is 4.04. The topological polar surface area (TPSA) is 55.8 Å².